The minimum Gasteiger partial charge on any atom is -0.463 e. The van der Waals surface area contributed by atoms with Gasteiger partial charge in [-0.05, 0) is 43.6 Å². The summed E-state index contributed by atoms with van der Waals surface area (Å²) in [5.74, 6) is -0.615. The van der Waals surface area contributed by atoms with Crippen LogP contribution in [0.2, 0.25) is 0 Å². The van der Waals surface area contributed by atoms with Gasteiger partial charge in [0.1, 0.15) is 5.78 Å². The van der Waals surface area contributed by atoms with Crippen LogP contribution in [0.1, 0.15) is 52.9 Å². The summed E-state index contributed by atoms with van der Waals surface area (Å²) in [6.45, 7) is 6.27. The number of carbonyl (C=O) groups excluding carboxylic acids is 2. The van der Waals surface area contributed by atoms with E-state index >= 15 is 0 Å². The van der Waals surface area contributed by atoms with Gasteiger partial charge in [-0.15, -0.1) is 0 Å². The van der Waals surface area contributed by atoms with Gasteiger partial charge in [-0.25, -0.2) is 4.79 Å². The molecule has 0 aromatic rings. The van der Waals surface area contributed by atoms with Gasteiger partial charge in [0, 0.05) is 17.4 Å². The Balaban J connectivity index is 2.12. The topological polar surface area (TPSA) is 63.6 Å². The monoisotopic (exact) mass is 318 g/mol. The van der Waals surface area contributed by atoms with Crippen molar-refractivity contribution in [1.29, 1.82) is 0 Å². The highest BCUT2D eigenvalue weighted by atomic mass is 16.5. The van der Waals surface area contributed by atoms with Crippen LogP contribution in [0.4, 0.5) is 0 Å². The van der Waals surface area contributed by atoms with Crippen molar-refractivity contribution in [1.82, 2.24) is 0 Å². The third-order valence-corrected chi connectivity index (χ3v) is 6.14. The highest BCUT2D eigenvalue weighted by molar-refractivity contribution is 5.92. The van der Waals surface area contributed by atoms with Gasteiger partial charge in [-0.2, -0.15) is 0 Å². The zero-order valence-electron chi connectivity index (χ0n) is 14.2. The molecule has 4 atom stereocenters. The Hall–Kier alpha value is -1.42. The second kappa shape index (κ2) is 5.59. The van der Waals surface area contributed by atoms with Crippen molar-refractivity contribution < 1.29 is 19.4 Å². The van der Waals surface area contributed by atoms with Crippen molar-refractivity contribution >= 4 is 11.8 Å². The van der Waals surface area contributed by atoms with Crippen molar-refractivity contribution in [3.63, 3.8) is 0 Å². The lowest BCUT2D eigenvalue weighted by atomic mass is 9.70. The van der Waals surface area contributed by atoms with E-state index in [9.17, 15) is 14.7 Å². The Kier molecular flexibility index (Phi) is 3.99. The maximum atomic E-state index is 12.4. The van der Waals surface area contributed by atoms with Gasteiger partial charge in [0.25, 0.3) is 0 Å². The fourth-order valence-electron chi connectivity index (χ4n) is 4.79. The molecule has 0 aromatic heterocycles. The van der Waals surface area contributed by atoms with Crippen LogP contribution in [0.15, 0.2) is 23.3 Å². The second-order valence-electron chi connectivity index (χ2n) is 7.68. The first-order chi connectivity index (χ1) is 10.8. The van der Waals surface area contributed by atoms with E-state index in [1.54, 1.807) is 6.92 Å². The van der Waals surface area contributed by atoms with Crippen LogP contribution in [-0.2, 0) is 14.3 Å². The number of allylic oxidation sites excluding steroid dienone is 2. The molecule has 0 aromatic carbocycles. The highest BCUT2D eigenvalue weighted by Gasteiger charge is 2.55. The molecule has 3 aliphatic carbocycles. The first kappa shape index (κ1) is 16.4. The molecule has 1 N–H and O–H groups in total. The number of Topliss-reactive ketones (excluding diaryl/α,β-unsaturated/α-hetero) is 1. The minimum absolute atomic E-state index is 0.134. The van der Waals surface area contributed by atoms with E-state index in [1.807, 2.05) is 6.08 Å². The molecular formula is C19H26O4. The summed E-state index contributed by atoms with van der Waals surface area (Å²) in [7, 11) is 0. The Labute approximate surface area is 137 Å². The van der Waals surface area contributed by atoms with Crippen LogP contribution in [0.5, 0.6) is 0 Å². The lowest BCUT2D eigenvalue weighted by molar-refractivity contribution is -0.139. The van der Waals surface area contributed by atoms with Gasteiger partial charge >= 0.3 is 5.97 Å². The van der Waals surface area contributed by atoms with Crippen LogP contribution < -0.4 is 0 Å². The molecule has 3 rings (SSSR count). The standard InChI is InChI=1S/C19H26O4/c1-4-23-17(22)12-6-5-8-18(2)10-11-19(3)9-7-13(20)15(19)16(21)14(12)18/h5,8,15-16,21H,4,6-7,9-11H2,1-3H3. The lowest BCUT2D eigenvalue weighted by Crippen LogP contribution is -2.38. The molecule has 0 radical (unpaired) electrons. The van der Waals surface area contributed by atoms with Crippen molar-refractivity contribution in [2.24, 2.45) is 16.7 Å². The van der Waals surface area contributed by atoms with E-state index in [2.05, 4.69) is 19.9 Å². The van der Waals surface area contributed by atoms with Crippen LogP contribution in [0.25, 0.3) is 0 Å². The van der Waals surface area contributed by atoms with Crippen molar-refractivity contribution in [2.45, 2.75) is 59.0 Å². The normalized spacial score (nSPS) is 39.7. The minimum atomic E-state index is -0.883. The molecule has 0 aliphatic heterocycles. The molecule has 0 amide bonds. The summed E-state index contributed by atoms with van der Waals surface area (Å²) in [6, 6.07) is 0. The van der Waals surface area contributed by atoms with Gasteiger partial charge in [-0.3, -0.25) is 4.79 Å². The second-order valence-corrected chi connectivity index (χ2v) is 7.68. The van der Waals surface area contributed by atoms with Crippen molar-refractivity contribution in [3.05, 3.63) is 23.3 Å². The predicted octanol–water partition coefficient (Wildman–Crippen LogP) is 2.95. The van der Waals surface area contributed by atoms with Crippen molar-refractivity contribution in [2.75, 3.05) is 6.61 Å². The van der Waals surface area contributed by atoms with Crippen LogP contribution >= 0.6 is 0 Å². The van der Waals surface area contributed by atoms with Crippen LogP contribution in [-0.4, -0.2) is 29.6 Å². The molecule has 23 heavy (non-hydrogen) atoms. The Bertz CT molecular complexity index is 602. The Morgan fingerprint density at radius 1 is 1.35 bits per heavy atom. The molecule has 2 fully saturated rings. The Morgan fingerprint density at radius 3 is 2.78 bits per heavy atom. The van der Waals surface area contributed by atoms with E-state index in [-0.39, 0.29) is 22.6 Å². The van der Waals surface area contributed by atoms with E-state index in [0.29, 0.717) is 25.0 Å². The van der Waals surface area contributed by atoms with E-state index < -0.39 is 12.0 Å². The molecule has 0 saturated heterocycles. The molecule has 3 aliphatic rings. The average Bonchev–Trinajstić information content (AvgIpc) is 2.76. The van der Waals surface area contributed by atoms with Gasteiger partial charge in [0.15, 0.2) is 0 Å². The van der Waals surface area contributed by atoms with Gasteiger partial charge in [0.05, 0.1) is 18.6 Å². The summed E-state index contributed by atoms with van der Waals surface area (Å²) >= 11 is 0. The molecule has 4 unspecified atom stereocenters. The zero-order chi connectivity index (χ0) is 16.8. The number of hydrogen-bond acceptors (Lipinski definition) is 4. The average molecular weight is 318 g/mol. The van der Waals surface area contributed by atoms with Gasteiger partial charge in [0.2, 0.25) is 0 Å². The van der Waals surface area contributed by atoms with Crippen LogP contribution in [0.3, 0.4) is 0 Å². The molecule has 2 saturated carbocycles. The fraction of sp³-hybridized carbons (Fsp3) is 0.684. The third-order valence-electron chi connectivity index (χ3n) is 6.14. The quantitative estimate of drug-likeness (QED) is 0.628. The zero-order valence-corrected chi connectivity index (χ0v) is 14.2. The predicted molar refractivity (Wildman–Crippen MR) is 86.6 cm³/mol. The summed E-state index contributed by atoms with van der Waals surface area (Å²) in [5.41, 5.74) is 0.737. The summed E-state index contributed by atoms with van der Waals surface area (Å²) in [4.78, 5) is 24.8. The fourth-order valence-corrected chi connectivity index (χ4v) is 4.79. The SMILES string of the molecule is CCOC(=O)C1=C2C(O)C3C(=O)CCC3(C)CCC2(C)C=CC1. The lowest BCUT2D eigenvalue weighted by Gasteiger charge is -2.36. The van der Waals surface area contributed by atoms with Crippen molar-refractivity contribution in [3.8, 4) is 0 Å². The molecule has 126 valence electrons. The third kappa shape index (κ3) is 2.47. The molecule has 4 heteroatoms. The molecule has 0 spiro atoms. The molecule has 4 nitrogen and oxygen atoms in total. The smallest absolute Gasteiger partial charge is 0.334 e. The first-order valence-electron chi connectivity index (χ1n) is 8.61. The molecule has 0 heterocycles. The Morgan fingerprint density at radius 2 is 2.09 bits per heavy atom. The van der Waals surface area contributed by atoms with Gasteiger partial charge in [-0.1, -0.05) is 26.0 Å². The first-order valence-corrected chi connectivity index (χ1v) is 8.61. The largest absolute Gasteiger partial charge is 0.463 e. The van der Waals surface area contributed by atoms with Gasteiger partial charge < -0.3 is 9.84 Å². The number of esters is 1. The number of aliphatic hydroxyl groups is 1. The number of hydrogen-bond donors (Lipinski definition) is 1. The maximum absolute atomic E-state index is 12.4. The number of carbonyl (C=O) groups is 2. The number of ether oxygens (including phenoxy) is 1. The van der Waals surface area contributed by atoms with E-state index in [0.717, 1.165) is 24.8 Å². The van der Waals surface area contributed by atoms with E-state index in [1.165, 1.54) is 0 Å². The number of fused-ring (bicyclic) bond motifs is 2. The van der Waals surface area contributed by atoms with Crippen LogP contribution in [0, 0.1) is 16.7 Å². The number of ketones is 1. The van der Waals surface area contributed by atoms with E-state index in [4.69, 9.17) is 4.74 Å². The number of aliphatic hydroxyl groups excluding tert-OH is 1. The molecule has 0 bridgehead atoms. The summed E-state index contributed by atoms with van der Waals surface area (Å²) in [6.07, 6.45) is 6.78. The summed E-state index contributed by atoms with van der Waals surface area (Å²) in [5, 5.41) is 11.1. The maximum Gasteiger partial charge on any atom is 0.334 e. The highest BCUT2D eigenvalue weighted by Crippen LogP contribution is 2.56. The summed E-state index contributed by atoms with van der Waals surface area (Å²) < 4.78 is 5.20. The number of rotatable bonds is 2. The molecular weight excluding hydrogens is 292 g/mol.